The van der Waals surface area contributed by atoms with Crippen LogP contribution in [0, 0.1) is 11.8 Å². The minimum absolute atomic E-state index is 0.114. The molecule has 6 heteroatoms. The summed E-state index contributed by atoms with van der Waals surface area (Å²) >= 11 is 0. The number of carbonyl (C=O) groups excluding carboxylic acids is 2. The summed E-state index contributed by atoms with van der Waals surface area (Å²) in [7, 11) is 1.32. The predicted octanol–water partition coefficient (Wildman–Crippen LogP) is 2.38. The molecular formula is C23H30N2O4. The van der Waals surface area contributed by atoms with Gasteiger partial charge >= 0.3 is 5.97 Å². The second-order valence-corrected chi connectivity index (χ2v) is 8.01. The molecule has 0 aliphatic carbocycles. The number of amides is 1. The van der Waals surface area contributed by atoms with Crippen LogP contribution in [0.1, 0.15) is 19.4 Å². The van der Waals surface area contributed by atoms with Crippen LogP contribution in [-0.2, 0) is 25.5 Å². The number of hydrogen-bond acceptors (Lipinski definition) is 5. The summed E-state index contributed by atoms with van der Waals surface area (Å²) in [6, 6.07) is 13.9. The fraction of sp³-hybridized carbons (Fsp3) is 0.478. The van der Waals surface area contributed by atoms with Gasteiger partial charge in [-0.05, 0) is 22.3 Å². The Morgan fingerprint density at radius 2 is 1.79 bits per heavy atom. The number of nitrogens with two attached hydrogens (primary N) is 1. The molecule has 3 rings (SSSR count). The predicted molar refractivity (Wildman–Crippen MR) is 112 cm³/mol. The molecule has 1 aliphatic heterocycles. The van der Waals surface area contributed by atoms with Gasteiger partial charge in [0.1, 0.15) is 5.54 Å². The highest BCUT2D eigenvalue weighted by Gasteiger charge is 2.50. The second-order valence-electron chi connectivity index (χ2n) is 8.01. The van der Waals surface area contributed by atoms with Gasteiger partial charge in [-0.3, -0.25) is 9.59 Å². The highest BCUT2D eigenvalue weighted by molar-refractivity contribution is 5.93. The Balaban J connectivity index is 2.03. The summed E-state index contributed by atoms with van der Waals surface area (Å²) in [5.41, 5.74) is 6.23. The van der Waals surface area contributed by atoms with Crippen molar-refractivity contribution in [2.45, 2.75) is 25.8 Å². The highest BCUT2D eigenvalue weighted by atomic mass is 16.5. The smallest absolute Gasteiger partial charge is 0.327 e. The summed E-state index contributed by atoms with van der Waals surface area (Å²) in [5.74, 6) is -1.52. The summed E-state index contributed by atoms with van der Waals surface area (Å²) in [5, 5.41) is 2.09. The van der Waals surface area contributed by atoms with E-state index in [1.54, 1.807) is 4.90 Å². The molecule has 6 nitrogen and oxygen atoms in total. The first kappa shape index (κ1) is 21.3. The number of nitrogens with zero attached hydrogens (tertiary/aromatic N) is 1. The fourth-order valence-electron chi connectivity index (χ4n) is 4.34. The number of rotatable bonds is 6. The van der Waals surface area contributed by atoms with E-state index in [1.165, 1.54) is 7.11 Å². The van der Waals surface area contributed by atoms with Gasteiger partial charge in [0, 0.05) is 19.5 Å². The molecule has 2 aromatic rings. The number of esters is 1. The van der Waals surface area contributed by atoms with E-state index in [0.29, 0.717) is 26.3 Å². The highest BCUT2D eigenvalue weighted by Crippen LogP contribution is 2.32. The molecule has 1 unspecified atom stereocenters. The van der Waals surface area contributed by atoms with Crippen LogP contribution in [0.25, 0.3) is 10.8 Å². The first-order valence-electron chi connectivity index (χ1n) is 10.1. The minimum Gasteiger partial charge on any atom is -0.468 e. The van der Waals surface area contributed by atoms with E-state index < -0.39 is 17.4 Å². The number of ether oxygens (including phenoxy) is 2. The molecule has 1 amide bonds. The van der Waals surface area contributed by atoms with Crippen molar-refractivity contribution in [1.82, 2.24) is 4.90 Å². The Morgan fingerprint density at radius 3 is 2.45 bits per heavy atom. The largest absolute Gasteiger partial charge is 0.468 e. The Kier molecular flexibility index (Phi) is 6.55. The summed E-state index contributed by atoms with van der Waals surface area (Å²) in [6.45, 7) is 5.86. The van der Waals surface area contributed by atoms with Crippen LogP contribution in [0.15, 0.2) is 42.5 Å². The summed E-state index contributed by atoms with van der Waals surface area (Å²) < 4.78 is 10.5. The zero-order valence-corrected chi connectivity index (χ0v) is 17.4. The van der Waals surface area contributed by atoms with Crippen molar-refractivity contribution in [3.63, 3.8) is 0 Å². The zero-order chi connectivity index (χ0) is 21.0. The van der Waals surface area contributed by atoms with Crippen LogP contribution in [-0.4, -0.2) is 55.7 Å². The number of morpholine rings is 1. The van der Waals surface area contributed by atoms with Gasteiger partial charge in [-0.15, -0.1) is 0 Å². The van der Waals surface area contributed by atoms with E-state index >= 15 is 0 Å². The van der Waals surface area contributed by atoms with Crippen molar-refractivity contribution in [1.29, 1.82) is 0 Å². The van der Waals surface area contributed by atoms with Gasteiger partial charge in [0.05, 0.1) is 26.2 Å². The normalized spacial score (nSPS) is 17.8. The third-order valence-corrected chi connectivity index (χ3v) is 5.74. The van der Waals surface area contributed by atoms with Crippen molar-refractivity contribution < 1.29 is 19.1 Å². The minimum atomic E-state index is -1.47. The number of methoxy groups -OCH3 is 1. The number of hydrogen-bond donors (Lipinski definition) is 1. The van der Waals surface area contributed by atoms with E-state index in [1.807, 2.05) is 56.3 Å². The molecule has 156 valence electrons. The molecule has 0 aromatic heterocycles. The van der Waals surface area contributed by atoms with Gasteiger partial charge in [-0.1, -0.05) is 56.3 Å². The molecule has 2 atom stereocenters. The molecule has 29 heavy (non-hydrogen) atoms. The SMILES string of the molecule is COC(=O)[C@](N)(Cc1cccc2ccccc12)C(C(=O)N1CCOCC1)C(C)C. The molecule has 0 bridgehead atoms. The Hall–Kier alpha value is -2.44. The maximum atomic E-state index is 13.4. The van der Waals surface area contributed by atoms with E-state index in [4.69, 9.17) is 15.2 Å². The Labute approximate surface area is 172 Å². The number of fused-ring (bicyclic) bond motifs is 1. The van der Waals surface area contributed by atoms with Crippen LogP contribution >= 0.6 is 0 Å². The molecule has 1 fully saturated rings. The van der Waals surface area contributed by atoms with E-state index in [9.17, 15) is 9.59 Å². The molecule has 1 aliphatic rings. The molecular weight excluding hydrogens is 368 g/mol. The molecule has 2 aromatic carbocycles. The first-order valence-corrected chi connectivity index (χ1v) is 10.1. The van der Waals surface area contributed by atoms with E-state index in [0.717, 1.165) is 16.3 Å². The maximum Gasteiger partial charge on any atom is 0.327 e. The van der Waals surface area contributed by atoms with Crippen molar-refractivity contribution in [3.05, 3.63) is 48.0 Å². The third kappa shape index (κ3) is 4.28. The van der Waals surface area contributed by atoms with Crippen molar-refractivity contribution >= 4 is 22.6 Å². The van der Waals surface area contributed by atoms with Crippen molar-refractivity contribution in [3.8, 4) is 0 Å². The average Bonchev–Trinajstić information content (AvgIpc) is 2.73. The quantitative estimate of drug-likeness (QED) is 0.756. The molecule has 1 saturated heterocycles. The summed E-state index contributed by atoms with van der Waals surface area (Å²) in [4.78, 5) is 28.2. The Bertz CT molecular complexity index is 871. The lowest BCUT2D eigenvalue weighted by Gasteiger charge is -2.40. The van der Waals surface area contributed by atoms with Crippen LogP contribution < -0.4 is 5.73 Å². The van der Waals surface area contributed by atoms with Crippen LogP contribution in [0.2, 0.25) is 0 Å². The van der Waals surface area contributed by atoms with E-state index in [2.05, 4.69) is 0 Å². The fourth-order valence-corrected chi connectivity index (χ4v) is 4.34. The lowest BCUT2D eigenvalue weighted by atomic mass is 9.72. The lowest BCUT2D eigenvalue weighted by molar-refractivity contribution is -0.158. The zero-order valence-electron chi connectivity index (χ0n) is 17.4. The second kappa shape index (κ2) is 8.93. The lowest BCUT2D eigenvalue weighted by Crippen LogP contribution is -2.63. The molecule has 0 saturated carbocycles. The van der Waals surface area contributed by atoms with Gasteiger partial charge in [-0.25, -0.2) is 0 Å². The topological polar surface area (TPSA) is 81.9 Å². The maximum absolute atomic E-state index is 13.4. The van der Waals surface area contributed by atoms with Crippen molar-refractivity contribution in [2.24, 2.45) is 17.6 Å². The number of carbonyl (C=O) groups is 2. The van der Waals surface area contributed by atoms with Gasteiger partial charge < -0.3 is 20.1 Å². The van der Waals surface area contributed by atoms with Crippen LogP contribution in [0.3, 0.4) is 0 Å². The summed E-state index contributed by atoms with van der Waals surface area (Å²) in [6.07, 6.45) is 0.222. The van der Waals surface area contributed by atoms with Crippen molar-refractivity contribution in [2.75, 3.05) is 33.4 Å². The third-order valence-electron chi connectivity index (χ3n) is 5.74. The molecule has 2 N–H and O–H groups in total. The monoisotopic (exact) mass is 398 g/mol. The standard InChI is InChI=1S/C23H30N2O4/c1-16(2)20(21(26)25-11-13-29-14-12-25)23(24,22(27)28-3)15-18-9-6-8-17-7-4-5-10-19(17)18/h4-10,16,20H,11-15,24H2,1-3H3/t20?,23-/m0/s1. The first-order chi connectivity index (χ1) is 13.9. The van der Waals surface area contributed by atoms with Crippen LogP contribution in [0.5, 0.6) is 0 Å². The molecule has 0 spiro atoms. The number of benzene rings is 2. The van der Waals surface area contributed by atoms with Gasteiger partial charge in [-0.2, -0.15) is 0 Å². The molecule has 0 radical (unpaired) electrons. The van der Waals surface area contributed by atoms with Gasteiger partial charge in [0.15, 0.2) is 0 Å². The van der Waals surface area contributed by atoms with Gasteiger partial charge in [0.2, 0.25) is 5.91 Å². The Morgan fingerprint density at radius 1 is 1.14 bits per heavy atom. The average molecular weight is 399 g/mol. The molecule has 1 heterocycles. The van der Waals surface area contributed by atoms with Gasteiger partial charge in [0.25, 0.3) is 0 Å². The van der Waals surface area contributed by atoms with Crippen LogP contribution in [0.4, 0.5) is 0 Å². The van der Waals surface area contributed by atoms with E-state index in [-0.39, 0.29) is 18.2 Å².